The van der Waals surface area contributed by atoms with Gasteiger partial charge in [0.05, 0.1) is 24.1 Å². The third-order valence-corrected chi connectivity index (χ3v) is 5.41. The number of halogens is 1. The van der Waals surface area contributed by atoms with Gasteiger partial charge in [0, 0.05) is 21.7 Å². The molecule has 0 unspecified atom stereocenters. The monoisotopic (exact) mass is 417 g/mol. The number of azo groups is 1. The van der Waals surface area contributed by atoms with E-state index in [0.29, 0.717) is 16.4 Å². The van der Waals surface area contributed by atoms with Gasteiger partial charge in [-0.1, -0.05) is 29.8 Å². The Morgan fingerprint density at radius 1 is 1.00 bits per heavy atom. The first kappa shape index (κ1) is 19.9. The van der Waals surface area contributed by atoms with Crippen molar-refractivity contribution in [2.24, 2.45) is 10.2 Å². The maximum Gasteiger partial charge on any atom is 0.228 e. The van der Waals surface area contributed by atoms with Crippen LogP contribution >= 0.6 is 11.6 Å². The van der Waals surface area contributed by atoms with E-state index in [4.69, 9.17) is 16.0 Å². The maximum absolute atomic E-state index is 12.6. The number of rotatable bonds is 5. The summed E-state index contributed by atoms with van der Waals surface area (Å²) in [5.41, 5.74) is 5.62. The molecule has 0 saturated carbocycles. The van der Waals surface area contributed by atoms with Crippen molar-refractivity contribution < 1.29 is 9.21 Å². The lowest BCUT2D eigenvalue weighted by Crippen LogP contribution is -2.14. The quantitative estimate of drug-likeness (QED) is 0.346. The highest BCUT2D eigenvalue weighted by Crippen LogP contribution is 2.33. The second kappa shape index (κ2) is 8.51. The van der Waals surface area contributed by atoms with E-state index < -0.39 is 0 Å². The van der Waals surface area contributed by atoms with Crippen molar-refractivity contribution in [1.29, 1.82) is 0 Å². The zero-order valence-corrected chi connectivity index (χ0v) is 17.4. The van der Waals surface area contributed by atoms with E-state index in [1.807, 2.05) is 62.4 Å². The van der Waals surface area contributed by atoms with Crippen LogP contribution in [0.25, 0.3) is 11.0 Å². The molecule has 0 radical (unpaired) electrons. The summed E-state index contributed by atoms with van der Waals surface area (Å²) in [5.74, 6) is -0.132. The van der Waals surface area contributed by atoms with Gasteiger partial charge in [0.1, 0.15) is 5.58 Å². The number of carbonyl (C=O) groups is 1. The van der Waals surface area contributed by atoms with Crippen molar-refractivity contribution in [1.82, 2.24) is 0 Å². The van der Waals surface area contributed by atoms with Crippen LogP contribution < -0.4 is 5.32 Å². The smallest absolute Gasteiger partial charge is 0.228 e. The molecule has 30 heavy (non-hydrogen) atoms. The molecule has 0 atom stereocenters. The van der Waals surface area contributed by atoms with Gasteiger partial charge in [0.15, 0.2) is 0 Å². The van der Waals surface area contributed by atoms with E-state index in [9.17, 15) is 4.79 Å². The number of aryl methyl sites for hydroxylation is 2. The number of benzene rings is 3. The summed E-state index contributed by atoms with van der Waals surface area (Å²) < 4.78 is 5.63. The molecule has 1 aromatic heterocycles. The molecule has 0 saturated heterocycles. The van der Waals surface area contributed by atoms with Crippen molar-refractivity contribution in [2.45, 2.75) is 20.3 Å². The van der Waals surface area contributed by atoms with Gasteiger partial charge in [-0.05, 0) is 67.4 Å². The number of hydrogen-bond donors (Lipinski definition) is 1. The Kier molecular flexibility index (Phi) is 5.63. The number of nitrogens with one attached hydrogen (secondary N) is 1. The van der Waals surface area contributed by atoms with Crippen molar-refractivity contribution in [3.8, 4) is 0 Å². The summed E-state index contributed by atoms with van der Waals surface area (Å²) in [6.07, 6.45) is 1.82. The lowest BCUT2D eigenvalue weighted by Gasteiger charge is -2.07. The number of hydrogen-bond acceptors (Lipinski definition) is 4. The number of furan rings is 1. The predicted molar refractivity (Wildman–Crippen MR) is 120 cm³/mol. The van der Waals surface area contributed by atoms with Crippen LogP contribution in [0.4, 0.5) is 17.1 Å². The van der Waals surface area contributed by atoms with Gasteiger partial charge < -0.3 is 9.73 Å². The molecule has 150 valence electrons. The Labute approximate surface area is 179 Å². The van der Waals surface area contributed by atoms with E-state index >= 15 is 0 Å². The fourth-order valence-electron chi connectivity index (χ4n) is 3.34. The molecule has 0 bridgehead atoms. The van der Waals surface area contributed by atoms with Crippen LogP contribution in [-0.4, -0.2) is 5.91 Å². The zero-order valence-electron chi connectivity index (χ0n) is 16.6. The number of fused-ring (bicyclic) bond motifs is 1. The minimum absolute atomic E-state index is 0.132. The summed E-state index contributed by atoms with van der Waals surface area (Å²) in [6.45, 7) is 3.88. The zero-order chi connectivity index (χ0) is 21.1. The van der Waals surface area contributed by atoms with Crippen molar-refractivity contribution >= 4 is 45.5 Å². The van der Waals surface area contributed by atoms with Crippen LogP contribution in [0.5, 0.6) is 0 Å². The normalized spacial score (nSPS) is 11.3. The van der Waals surface area contributed by atoms with E-state index in [0.717, 1.165) is 33.3 Å². The lowest BCUT2D eigenvalue weighted by molar-refractivity contribution is -0.115. The third kappa shape index (κ3) is 4.26. The van der Waals surface area contributed by atoms with E-state index in [2.05, 4.69) is 15.5 Å². The molecule has 0 fully saturated rings. The molecule has 4 aromatic rings. The highest BCUT2D eigenvalue weighted by molar-refractivity contribution is 6.33. The molecule has 6 heteroatoms. The summed E-state index contributed by atoms with van der Waals surface area (Å²) in [6, 6.07) is 18.6. The number of nitrogens with zero attached hydrogens (tertiary/aromatic N) is 2. The molecule has 1 N–H and O–H groups in total. The van der Waals surface area contributed by atoms with Gasteiger partial charge in [0.2, 0.25) is 5.91 Å². The van der Waals surface area contributed by atoms with Crippen molar-refractivity contribution in [2.75, 3.05) is 5.32 Å². The van der Waals surface area contributed by atoms with E-state index in [1.165, 1.54) is 0 Å². The average molecular weight is 418 g/mol. The first-order chi connectivity index (χ1) is 14.5. The molecule has 0 aliphatic carbocycles. The van der Waals surface area contributed by atoms with Gasteiger partial charge in [0.25, 0.3) is 0 Å². The average Bonchev–Trinajstić information content (AvgIpc) is 3.14. The topological polar surface area (TPSA) is 67.0 Å². The van der Waals surface area contributed by atoms with Gasteiger partial charge in [-0.25, -0.2) is 0 Å². The first-order valence-electron chi connectivity index (χ1n) is 9.54. The Bertz CT molecular complexity index is 1230. The highest BCUT2D eigenvalue weighted by Gasteiger charge is 2.15. The van der Waals surface area contributed by atoms with Crippen LogP contribution in [-0.2, 0) is 11.2 Å². The molecule has 0 aliphatic rings. The Hall–Kier alpha value is -3.44. The molecule has 5 nitrogen and oxygen atoms in total. The summed E-state index contributed by atoms with van der Waals surface area (Å²) in [7, 11) is 0. The molecule has 0 aliphatic heterocycles. The van der Waals surface area contributed by atoms with Crippen LogP contribution in [0.3, 0.4) is 0 Å². The highest BCUT2D eigenvalue weighted by atomic mass is 35.5. The van der Waals surface area contributed by atoms with E-state index in [-0.39, 0.29) is 12.3 Å². The molecular formula is C24H20ClN3O2. The molecule has 3 aromatic carbocycles. The van der Waals surface area contributed by atoms with Gasteiger partial charge in [-0.2, -0.15) is 10.2 Å². The van der Waals surface area contributed by atoms with Gasteiger partial charge >= 0.3 is 0 Å². The maximum atomic E-state index is 12.6. The first-order valence-corrected chi connectivity index (χ1v) is 9.91. The van der Waals surface area contributed by atoms with Crippen LogP contribution in [0.2, 0.25) is 5.02 Å². The number of amides is 1. The van der Waals surface area contributed by atoms with Crippen molar-refractivity contribution in [3.63, 3.8) is 0 Å². The van der Waals surface area contributed by atoms with Gasteiger partial charge in [-0.15, -0.1) is 0 Å². The minimum Gasteiger partial charge on any atom is -0.464 e. The molecule has 0 spiro atoms. The Balaban J connectivity index is 1.44. The molecular weight excluding hydrogens is 398 g/mol. The molecule has 1 amide bonds. The summed E-state index contributed by atoms with van der Waals surface area (Å²) in [4.78, 5) is 12.6. The molecule has 4 rings (SSSR count). The second-order valence-corrected chi connectivity index (χ2v) is 7.45. The van der Waals surface area contributed by atoms with Crippen molar-refractivity contribution in [3.05, 3.63) is 88.6 Å². The Morgan fingerprint density at radius 2 is 1.67 bits per heavy atom. The predicted octanol–water partition coefficient (Wildman–Crippen LogP) is 7.30. The molecule has 1 heterocycles. The van der Waals surface area contributed by atoms with E-state index in [1.54, 1.807) is 18.4 Å². The largest absolute Gasteiger partial charge is 0.464 e. The standard InChI is InChI=1S/C24H20ClN3O2/c1-15-12-21-23(16(2)24(15)25)17(14-30-21)13-22(29)26-18-8-10-20(11-9-18)28-27-19-6-4-3-5-7-19/h3-12,14H,13H2,1-2H3,(H,26,29). The summed E-state index contributed by atoms with van der Waals surface area (Å²) >= 11 is 6.37. The van der Waals surface area contributed by atoms with Gasteiger partial charge in [-0.3, -0.25) is 4.79 Å². The minimum atomic E-state index is -0.132. The third-order valence-electron chi connectivity index (χ3n) is 4.83. The SMILES string of the molecule is Cc1cc2occ(CC(=O)Nc3ccc(N=Nc4ccccc4)cc3)c2c(C)c1Cl. The van der Waals surface area contributed by atoms with Crippen LogP contribution in [0.15, 0.2) is 81.6 Å². The number of carbonyl (C=O) groups excluding carboxylic acids is 1. The second-order valence-electron chi connectivity index (χ2n) is 7.07. The Morgan fingerprint density at radius 3 is 2.37 bits per heavy atom. The van der Waals surface area contributed by atoms with Crippen LogP contribution in [0.1, 0.15) is 16.7 Å². The summed E-state index contributed by atoms with van der Waals surface area (Å²) in [5, 5.41) is 12.9. The fourth-order valence-corrected chi connectivity index (χ4v) is 3.49. The lowest BCUT2D eigenvalue weighted by atomic mass is 10.0. The van der Waals surface area contributed by atoms with Crippen LogP contribution in [0, 0.1) is 13.8 Å². The number of anilines is 1. The fraction of sp³-hybridized carbons (Fsp3) is 0.125.